The number of hydrogen-bond donors (Lipinski definition) is 2. The van der Waals surface area contributed by atoms with E-state index in [1.807, 2.05) is 19.1 Å². The van der Waals surface area contributed by atoms with E-state index < -0.39 is 10.0 Å². The minimum Gasteiger partial charge on any atom is -0.494 e. The van der Waals surface area contributed by atoms with E-state index in [1.165, 1.54) is 4.31 Å². The molecule has 1 fully saturated rings. The van der Waals surface area contributed by atoms with Crippen molar-refractivity contribution in [3.63, 3.8) is 0 Å². The number of amides is 1. The standard InChI is InChI=1S/C20H24BrN3O4S/c1-2-28-18-7-5-17(6-8-18)22-20(25)15-23-11-13-24(14-12-23)29(26,27)19-9-3-16(21)4-10-19/h3-10H,2,11-15H2,1H3,(H,22,25)/p+1. The molecule has 2 aromatic carbocycles. The van der Waals surface area contributed by atoms with E-state index in [4.69, 9.17) is 4.74 Å². The Labute approximate surface area is 179 Å². The summed E-state index contributed by atoms with van der Waals surface area (Å²) in [5.41, 5.74) is 0.717. The lowest BCUT2D eigenvalue weighted by atomic mass is 10.3. The summed E-state index contributed by atoms with van der Waals surface area (Å²) in [4.78, 5) is 13.7. The molecule has 0 unspecified atom stereocenters. The average molecular weight is 483 g/mol. The highest BCUT2D eigenvalue weighted by Crippen LogP contribution is 2.19. The monoisotopic (exact) mass is 482 g/mol. The fourth-order valence-corrected chi connectivity index (χ4v) is 4.91. The smallest absolute Gasteiger partial charge is 0.279 e. The van der Waals surface area contributed by atoms with Gasteiger partial charge in [-0.3, -0.25) is 4.79 Å². The Hall–Kier alpha value is -1.94. The van der Waals surface area contributed by atoms with Gasteiger partial charge in [-0.05, 0) is 55.5 Å². The van der Waals surface area contributed by atoms with Crippen molar-refractivity contribution in [2.24, 2.45) is 0 Å². The van der Waals surface area contributed by atoms with Crippen molar-refractivity contribution < 1.29 is 22.8 Å². The molecule has 0 aliphatic carbocycles. The van der Waals surface area contributed by atoms with Crippen LogP contribution in [0, 0.1) is 0 Å². The van der Waals surface area contributed by atoms with Crippen LogP contribution in [0.15, 0.2) is 57.9 Å². The lowest BCUT2D eigenvalue weighted by Gasteiger charge is -2.31. The number of sulfonamides is 1. The van der Waals surface area contributed by atoms with E-state index in [2.05, 4.69) is 21.2 Å². The SMILES string of the molecule is CCOc1ccc(NC(=O)C[NH+]2CCN(S(=O)(=O)c3ccc(Br)cc3)CC2)cc1. The molecular weight excluding hydrogens is 458 g/mol. The average Bonchev–Trinajstić information content (AvgIpc) is 2.70. The van der Waals surface area contributed by atoms with Crippen LogP contribution in [0.25, 0.3) is 0 Å². The highest BCUT2D eigenvalue weighted by Gasteiger charge is 2.31. The lowest BCUT2D eigenvalue weighted by Crippen LogP contribution is -3.15. The van der Waals surface area contributed by atoms with E-state index in [9.17, 15) is 13.2 Å². The summed E-state index contributed by atoms with van der Waals surface area (Å²) in [5, 5.41) is 2.88. The van der Waals surface area contributed by atoms with Gasteiger partial charge in [-0.25, -0.2) is 8.42 Å². The first-order valence-corrected chi connectivity index (χ1v) is 11.7. The van der Waals surface area contributed by atoms with Gasteiger partial charge in [-0.1, -0.05) is 15.9 Å². The summed E-state index contributed by atoms with van der Waals surface area (Å²) in [7, 11) is -3.50. The minimum atomic E-state index is -3.50. The summed E-state index contributed by atoms with van der Waals surface area (Å²) < 4.78 is 33.2. The Balaban J connectivity index is 1.50. The van der Waals surface area contributed by atoms with Gasteiger partial charge in [-0.2, -0.15) is 4.31 Å². The van der Waals surface area contributed by atoms with Crippen molar-refractivity contribution in [2.45, 2.75) is 11.8 Å². The maximum absolute atomic E-state index is 12.8. The molecule has 7 nitrogen and oxygen atoms in total. The molecule has 0 spiro atoms. The van der Waals surface area contributed by atoms with Gasteiger partial charge in [0.25, 0.3) is 5.91 Å². The third-order valence-corrected chi connectivity index (χ3v) is 7.18. The number of ether oxygens (including phenoxy) is 1. The highest BCUT2D eigenvalue weighted by atomic mass is 79.9. The van der Waals surface area contributed by atoms with Crippen LogP contribution in [-0.4, -0.2) is 58.0 Å². The first kappa shape index (κ1) is 21.8. The van der Waals surface area contributed by atoms with Crippen LogP contribution in [0.5, 0.6) is 5.75 Å². The van der Waals surface area contributed by atoms with Gasteiger partial charge in [-0.15, -0.1) is 0 Å². The molecule has 0 atom stereocenters. The number of nitrogens with one attached hydrogen (secondary N) is 2. The zero-order valence-electron chi connectivity index (χ0n) is 16.2. The molecule has 0 radical (unpaired) electrons. The summed E-state index contributed by atoms with van der Waals surface area (Å²) in [6.07, 6.45) is 0. The van der Waals surface area contributed by atoms with Crippen LogP contribution in [0.2, 0.25) is 0 Å². The summed E-state index contributed by atoms with van der Waals surface area (Å²) in [6.45, 7) is 4.79. The second kappa shape index (κ2) is 9.71. The number of piperazine rings is 1. The van der Waals surface area contributed by atoms with Crippen molar-refractivity contribution in [1.29, 1.82) is 0 Å². The second-order valence-corrected chi connectivity index (χ2v) is 9.64. The van der Waals surface area contributed by atoms with Crippen LogP contribution >= 0.6 is 15.9 Å². The zero-order chi connectivity index (χ0) is 20.9. The van der Waals surface area contributed by atoms with Crippen molar-refractivity contribution >= 4 is 37.5 Å². The van der Waals surface area contributed by atoms with E-state index in [-0.39, 0.29) is 10.8 Å². The van der Waals surface area contributed by atoms with Crippen LogP contribution < -0.4 is 15.0 Å². The molecule has 1 aliphatic heterocycles. The summed E-state index contributed by atoms with van der Waals surface area (Å²) in [5.74, 6) is 0.674. The Morgan fingerprint density at radius 1 is 1.10 bits per heavy atom. The van der Waals surface area contributed by atoms with Gasteiger partial charge in [0.1, 0.15) is 5.75 Å². The fraction of sp³-hybridized carbons (Fsp3) is 0.350. The number of benzene rings is 2. The Kier molecular flexibility index (Phi) is 7.28. The number of carbonyl (C=O) groups excluding carboxylic acids is 1. The van der Waals surface area contributed by atoms with E-state index in [1.54, 1.807) is 36.4 Å². The molecule has 3 rings (SSSR count). The van der Waals surface area contributed by atoms with Crippen LogP contribution in [0.3, 0.4) is 0 Å². The molecule has 1 amide bonds. The number of anilines is 1. The maximum atomic E-state index is 12.8. The number of nitrogens with zero attached hydrogens (tertiary/aromatic N) is 1. The van der Waals surface area contributed by atoms with Gasteiger partial charge in [0.05, 0.1) is 37.7 Å². The third-order valence-electron chi connectivity index (χ3n) is 4.74. The second-order valence-electron chi connectivity index (χ2n) is 6.79. The van der Waals surface area contributed by atoms with Gasteiger partial charge in [0.15, 0.2) is 6.54 Å². The lowest BCUT2D eigenvalue weighted by molar-refractivity contribution is -0.895. The van der Waals surface area contributed by atoms with Crippen molar-refractivity contribution in [3.8, 4) is 5.75 Å². The highest BCUT2D eigenvalue weighted by molar-refractivity contribution is 9.10. The number of carbonyl (C=O) groups is 1. The van der Waals surface area contributed by atoms with Crippen molar-refractivity contribution in [3.05, 3.63) is 53.0 Å². The number of quaternary nitrogens is 1. The van der Waals surface area contributed by atoms with Crippen molar-refractivity contribution in [1.82, 2.24) is 4.31 Å². The van der Waals surface area contributed by atoms with Crippen molar-refractivity contribution in [2.75, 3.05) is 44.6 Å². The number of halogens is 1. The predicted molar refractivity (Wildman–Crippen MR) is 115 cm³/mol. The number of rotatable bonds is 7. The van der Waals surface area contributed by atoms with E-state index in [0.717, 1.165) is 15.1 Å². The van der Waals surface area contributed by atoms with Gasteiger partial charge in [0.2, 0.25) is 10.0 Å². The molecule has 0 bridgehead atoms. The van der Waals surface area contributed by atoms with Crippen LogP contribution in [0.1, 0.15) is 6.92 Å². The Bertz CT molecular complexity index is 925. The number of hydrogen-bond acceptors (Lipinski definition) is 4. The first-order chi connectivity index (χ1) is 13.9. The third kappa shape index (κ3) is 5.79. The van der Waals surface area contributed by atoms with E-state index in [0.29, 0.717) is 45.0 Å². The predicted octanol–water partition coefficient (Wildman–Crippen LogP) is 1.38. The van der Waals surface area contributed by atoms with Gasteiger partial charge in [0, 0.05) is 10.2 Å². The molecule has 1 aliphatic rings. The van der Waals surface area contributed by atoms with Crippen LogP contribution in [-0.2, 0) is 14.8 Å². The fourth-order valence-electron chi connectivity index (χ4n) is 3.21. The molecule has 2 N–H and O–H groups in total. The Morgan fingerprint density at radius 2 is 1.72 bits per heavy atom. The minimum absolute atomic E-state index is 0.0895. The molecule has 29 heavy (non-hydrogen) atoms. The molecule has 2 aromatic rings. The Morgan fingerprint density at radius 3 is 2.31 bits per heavy atom. The molecule has 1 saturated heterocycles. The molecule has 9 heteroatoms. The molecule has 156 valence electrons. The zero-order valence-corrected chi connectivity index (χ0v) is 18.6. The quantitative estimate of drug-likeness (QED) is 0.624. The van der Waals surface area contributed by atoms with E-state index >= 15 is 0 Å². The normalized spacial score (nSPS) is 15.8. The summed E-state index contributed by atoms with van der Waals surface area (Å²) in [6, 6.07) is 13.9. The van der Waals surface area contributed by atoms with Crippen LogP contribution in [0.4, 0.5) is 5.69 Å². The molecule has 0 aromatic heterocycles. The molecule has 1 heterocycles. The van der Waals surface area contributed by atoms with Gasteiger partial charge < -0.3 is 15.0 Å². The maximum Gasteiger partial charge on any atom is 0.279 e. The molecule has 0 saturated carbocycles. The first-order valence-electron chi connectivity index (χ1n) is 9.50. The molecular formula is C20H25BrN3O4S+. The summed E-state index contributed by atoms with van der Waals surface area (Å²) >= 11 is 3.32. The van der Waals surface area contributed by atoms with Gasteiger partial charge >= 0.3 is 0 Å². The topological polar surface area (TPSA) is 80.2 Å². The largest absolute Gasteiger partial charge is 0.494 e.